The van der Waals surface area contributed by atoms with Gasteiger partial charge in [0.25, 0.3) is 0 Å². The van der Waals surface area contributed by atoms with E-state index >= 15 is 0 Å². The van der Waals surface area contributed by atoms with Gasteiger partial charge in [0.05, 0.1) is 18.0 Å². The first-order chi connectivity index (χ1) is 15.0. The van der Waals surface area contributed by atoms with E-state index in [0.717, 1.165) is 10.9 Å². The van der Waals surface area contributed by atoms with Gasteiger partial charge in [-0.3, -0.25) is 0 Å². The Kier molecular flexibility index (Phi) is 4.81. The third-order valence-electron chi connectivity index (χ3n) is 5.41. The largest absolute Gasteiger partial charge is 0.491 e. The molecule has 160 valence electrons. The van der Waals surface area contributed by atoms with Gasteiger partial charge in [0.15, 0.2) is 6.23 Å². The maximum atomic E-state index is 10.6. The first-order valence-electron chi connectivity index (χ1n) is 9.71. The van der Waals surface area contributed by atoms with Crippen LogP contribution in [0.2, 0.25) is 0 Å². The number of aliphatic hydroxyl groups excluding tert-OH is 2. The van der Waals surface area contributed by atoms with Crippen molar-refractivity contribution in [1.29, 1.82) is 0 Å². The molecule has 3 aromatic heterocycles. The van der Waals surface area contributed by atoms with Gasteiger partial charge in [-0.2, -0.15) is 0 Å². The third-order valence-corrected chi connectivity index (χ3v) is 5.41. The average Bonchev–Trinajstić information content (AvgIpc) is 3.34. The van der Waals surface area contributed by atoms with Crippen molar-refractivity contribution in [3.05, 3.63) is 48.9 Å². The Morgan fingerprint density at radius 1 is 1.13 bits per heavy atom. The summed E-state index contributed by atoms with van der Waals surface area (Å²) in [6.07, 6.45) is -0.844. The van der Waals surface area contributed by atoms with Crippen LogP contribution in [-0.4, -0.2) is 61.8 Å². The fourth-order valence-electron chi connectivity index (χ4n) is 3.75. The number of nitrogen functional groups attached to an aromatic ring is 1. The summed E-state index contributed by atoms with van der Waals surface area (Å²) in [5.74, 6) is 1.40. The molecule has 4 atom stereocenters. The molecule has 1 aromatic carbocycles. The number of fused-ring (bicyclic) bond motifs is 2. The molecular weight excluding hydrogens is 402 g/mol. The molecule has 0 aliphatic carbocycles. The van der Waals surface area contributed by atoms with Crippen molar-refractivity contribution >= 4 is 27.8 Å². The molecule has 1 aliphatic rings. The van der Waals surface area contributed by atoms with E-state index in [9.17, 15) is 10.2 Å². The standard InChI is InChI=1S/C21H21N5O5/c1-29-16-5-3-11-2-4-12(8-14(11)25-16)30-9-15-17(27)18(28)21(31-15)26-7-6-13-19(22)23-10-24-20(13)26/h2-8,10,15,17-18,21,27-28H,9H2,1H3,(H2,22,23,24)/t15-,17-,18-,21-/m1/s1. The number of pyridine rings is 1. The lowest BCUT2D eigenvalue weighted by molar-refractivity contribution is -0.0471. The number of nitrogens with zero attached hydrogens (tertiary/aromatic N) is 4. The molecular formula is C21H21N5O5. The molecule has 0 spiro atoms. The van der Waals surface area contributed by atoms with Gasteiger partial charge in [-0.25, -0.2) is 15.0 Å². The highest BCUT2D eigenvalue weighted by Crippen LogP contribution is 2.33. The molecule has 0 radical (unpaired) electrons. The van der Waals surface area contributed by atoms with Crippen LogP contribution in [0.3, 0.4) is 0 Å². The zero-order valence-corrected chi connectivity index (χ0v) is 16.6. The van der Waals surface area contributed by atoms with E-state index in [1.807, 2.05) is 18.2 Å². The van der Waals surface area contributed by atoms with Gasteiger partial charge in [0.1, 0.15) is 48.5 Å². The van der Waals surface area contributed by atoms with Gasteiger partial charge in [-0.05, 0) is 24.3 Å². The molecule has 4 N–H and O–H groups in total. The fraction of sp³-hybridized carbons (Fsp3) is 0.286. The van der Waals surface area contributed by atoms with Crippen LogP contribution >= 0.6 is 0 Å². The van der Waals surface area contributed by atoms with E-state index in [0.29, 0.717) is 28.5 Å². The van der Waals surface area contributed by atoms with Crippen molar-refractivity contribution < 1.29 is 24.4 Å². The number of anilines is 1. The van der Waals surface area contributed by atoms with Crippen LogP contribution in [0.25, 0.3) is 21.9 Å². The van der Waals surface area contributed by atoms with Gasteiger partial charge in [0, 0.05) is 23.7 Å². The quantitative estimate of drug-likeness (QED) is 0.433. The number of methoxy groups -OCH3 is 1. The summed E-state index contributed by atoms with van der Waals surface area (Å²) < 4.78 is 18.6. The van der Waals surface area contributed by atoms with Crippen molar-refractivity contribution in [2.45, 2.75) is 24.5 Å². The minimum absolute atomic E-state index is 0.0422. The SMILES string of the molecule is COc1ccc2ccc(OC[C@H]3O[C@@H](n4ccc5c(N)ncnc54)[C@H](O)[C@@H]3O)cc2n1. The number of benzene rings is 1. The first kappa shape index (κ1) is 19.5. The molecule has 1 saturated heterocycles. The molecule has 5 rings (SSSR count). The fourth-order valence-corrected chi connectivity index (χ4v) is 3.75. The molecule has 0 saturated carbocycles. The molecule has 0 unspecified atom stereocenters. The Balaban J connectivity index is 1.33. The van der Waals surface area contributed by atoms with Gasteiger partial charge in [0.2, 0.25) is 5.88 Å². The monoisotopic (exact) mass is 423 g/mol. The smallest absolute Gasteiger partial charge is 0.213 e. The Morgan fingerprint density at radius 3 is 2.81 bits per heavy atom. The lowest BCUT2D eigenvalue weighted by Crippen LogP contribution is -2.34. The number of rotatable bonds is 5. The Bertz CT molecular complexity index is 1250. The highest BCUT2D eigenvalue weighted by Gasteiger charge is 2.44. The van der Waals surface area contributed by atoms with Crippen LogP contribution < -0.4 is 15.2 Å². The minimum Gasteiger partial charge on any atom is -0.491 e. The summed E-state index contributed by atoms with van der Waals surface area (Å²) in [5.41, 5.74) is 7.11. The van der Waals surface area contributed by atoms with Crippen LogP contribution in [0.4, 0.5) is 5.82 Å². The molecule has 10 nitrogen and oxygen atoms in total. The summed E-state index contributed by atoms with van der Waals surface area (Å²) in [6, 6.07) is 10.9. The molecule has 0 bridgehead atoms. The van der Waals surface area contributed by atoms with E-state index in [-0.39, 0.29) is 6.61 Å². The molecule has 10 heteroatoms. The van der Waals surface area contributed by atoms with Crippen LogP contribution in [0.1, 0.15) is 6.23 Å². The normalized spacial score (nSPS) is 23.5. The highest BCUT2D eigenvalue weighted by atomic mass is 16.6. The molecule has 1 fully saturated rings. The topological polar surface area (TPSA) is 138 Å². The average molecular weight is 423 g/mol. The number of aliphatic hydroxyl groups is 2. The number of aromatic nitrogens is 4. The van der Waals surface area contributed by atoms with Gasteiger partial charge in [-0.15, -0.1) is 0 Å². The maximum Gasteiger partial charge on any atom is 0.213 e. The lowest BCUT2D eigenvalue weighted by Gasteiger charge is -2.17. The van der Waals surface area contributed by atoms with Crippen molar-refractivity contribution in [2.75, 3.05) is 19.5 Å². The third kappa shape index (κ3) is 3.40. The summed E-state index contributed by atoms with van der Waals surface area (Å²) in [4.78, 5) is 12.6. The number of ether oxygens (including phenoxy) is 3. The number of hydrogen-bond acceptors (Lipinski definition) is 9. The van der Waals surface area contributed by atoms with Crippen LogP contribution in [0, 0.1) is 0 Å². The molecule has 31 heavy (non-hydrogen) atoms. The lowest BCUT2D eigenvalue weighted by atomic mass is 10.1. The van der Waals surface area contributed by atoms with Gasteiger partial charge >= 0.3 is 0 Å². The first-order valence-corrected chi connectivity index (χ1v) is 9.71. The Morgan fingerprint density at radius 2 is 1.97 bits per heavy atom. The van der Waals surface area contributed by atoms with E-state index in [2.05, 4.69) is 15.0 Å². The summed E-state index contributed by atoms with van der Waals surface area (Å²) in [5, 5.41) is 22.7. The van der Waals surface area contributed by atoms with Crippen LogP contribution in [-0.2, 0) is 4.74 Å². The summed E-state index contributed by atoms with van der Waals surface area (Å²) >= 11 is 0. The second kappa shape index (κ2) is 7.65. The molecule has 0 amide bonds. The molecule has 1 aliphatic heterocycles. The second-order valence-corrected chi connectivity index (χ2v) is 7.28. The molecule has 4 aromatic rings. The molecule has 4 heterocycles. The van der Waals surface area contributed by atoms with E-state index in [1.165, 1.54) is 6.33 Å². The predicted molar refractivity (Wildman–Crippen MR) is 112 cm³/mol. The predicted octanol–water partition coefficient (Wildman–Crippen LogP) is 1.27. The van der Waals surface area contributed by atoms with Crippen LogP contribution in [0.5, 0.6) is 11.6 Å². The van der Waals surface area contributed by atoms with Gasteiger partial charge < -0.3 is 34.7 Å². The van der Waals surface area contributed by atoms with Crippen molar-refractivity contribution in [2.24, 2.45) is 0 Å². The Labute approximate surface area is 176 Å². The zero-order valence-electron chi connectivity index (χ0n) is 16.6. The summed E-state index contributed by atoms with van der Waals surface area (Å²) in [7, 11) is 1.56. The van der Waals surface area contributed by atoms with Gasteiger partial charge in [-0.1, -0.05) is 0 Å². The number of nitrogens with two attached hydrogens (primary N) is 1. The summed E-state index contributed by atoms with van der Waals surface area (Å²) in [6.45, 7) is 0.0422. The van der Waals surface area contributed by atoms with Crippen molar-refractivity contribution in [3.8, 4) is 11.6 Å². The van der Waals surface area contributed by atoms with E-state index in [4.69, 9.17) is 19.9 Å². The minimum atomic E-state index is -1.16. The maximum absolute atomic E-state index is 10.6. The highest BCUT2D eigenvalue weighted by molar-refractivity contribution is 5.86. The zero-order chi connectivity index (χ0) is 21.5. The number of hydrogen-bond donors (Lipinski definition) is 3. The Hall–Kier alpha value is -3.47. The van der Waals surface area contributed by atoms with E-state index < -0.39 is 24.5 Å². The van der Waals surface area contributed by atoms with Crippen molar-refractivity contribution in [1.82, 2.24) is 19.5 Å². The van der Waals surface area contributed by atoms with Crippen LogP contribution in [0.15, 0.2) is 48.9 Å². The van der Waals surface area contributed by atoms with Crippen molar-refractivity contribution in [3.63, 3.8) is 0 Å². The second-order valence-electron chi connectivity index (χ2n) is 7.28. The van der Waals surface area contributed by atoms with E-state index in [1.54, 1.807) is 36.1 Å².